The molecule has 1 heterocycles. The van der Waals surface area contributed by atoms with Gasteiger partial charge in [0.2, 0.25) is 5.91 Å². The summed E-state index contributed by atoms with van der Waals surface area (Å²) in [5.74, 6) is -0.521. The van der Waals surface area contributed by atoms with Crippen LogP contribution >= 0.6 is 0 Å². The molecule has 7 nitrogen and oxygen atoms in total. The molecule has 1 aromatic carbocycles. The van der Waals surface area contributed by atoms with Gasteiger partial charge < -0.3 is 20.2 Å². The van der Waals surface area contributed by atoms with Gasteiger partial charge in [-0.15, -0.1) is 0 Å². The Morgan fingerprint density at radius 3 is 2.67 bits per heavy atom. The fraction of sp³-hybridized carbons (Fsp3) is 0.550. The molecule has 27 heavy (non-hydrogen) atoms. The summed E-state index contributed by atoms with van der Waals surface area (Å²) in [5, 5.41) is 11.6. The van der Waals surface area contributed by atoms with Crippen molar-refractivity contribution < 1.29 is 19.5 Å². The number of carbonyl (C=O) groups is 3. The van der Waals surface area contributed by atoms with Gasteiger partial charge in [0.25, 0.3) is 0 Å². The van der Waals surface area contributed by atoms with Gasteiger partial charge >= 0.3 is 12.0 Å². The Morgan fingerprint density at radius 2 is 1.96 bits per heavy atom. The molecule has 0 aliphatic carbocycles. The van der Waals surface area contributed by atoms with Gasteiger partial charge in [-0.25, -0.2) is 4.79 Å². The van der Waals surface area contributed by atoms with Crippen molar-refractivity contribution >= 4 is 17.9 Å². The summed E-state index contributed by atoms with van der Waals surface area (Å²) in [7, 11) is 1.72. The van der Waals surface area contributed by atoms with Crippen LogP contribution in [-0.2, 0) is 16.1 Å². The molecular weight excluding hydrogens is 346 g/mol. The van der Waals surface area contributed by atoms with E-state index < -0.39 is 5.97 Å². The Balaban J connectivity index is 1.68. The first kappa shape index (κ1) is 20.7. The van der Waals surface area contributed by atoms with E-state index in [4.69, 9.17) is 5.11 Å². The highest BCUT2D eigenvalue weighted by atomic mass is 16.4. The molecule has 2 N–H and O–H groups in total. The molecule has 1 aromatic rings. The number of hydrogen-bond acceptors (Lipinski definition) is 3. The second-order valence-electron chi connectivity index (χ2n) is 7.10. The molecule has 2 rings (SSSR count). The lowest BCUT2D eigenvalue weighted by Crippen LogP contribution is -2.42. The summed E-state index contributed by atoms with van der Waals surface area (Å²) in [6, 6.07) is 9.52. The maximum Gasteiger partial charge on any atom is 0.317 e. The Labute approximate surface area is 160 Å². The van der Waals surface area contributed by atoms with Gasteiger partial charge in [-0.1, -0.05) is 30.3 Å². The molecule has 0 spiro atoms. The molecule has 7 heteroatoms. The highest BCUT2D eigenvalue weighted by molar-refractivity contribution is 5.78. The molecule has 0 aromatic heterocycles. The van der Waals surface area contributed by atoms with Crippen molar-refractivity contribution in [3.8, 4) is 0 Å². The summed E-state index contributed by atoms with van der Waals surface area (Å²) in [4.78, 5) is 38.6. The largest absolute Gasteiger partial charge is 0.481 e. The molecule has 0 saturated carbocycles. The van der Waals surface area contributed by atoms with Crippen molar-refractivity contribution in [2.24, 2.45) is 5.92 Å². The van der Waals surface area contributed by atoms with Crippen LogP contribution in [0.2, 0.25) is 0 Å². The maximum absolute atomic E-state index is 12.4. The number of amides is 3. The summed E-state index contributed by atoms with van der Waals surface area (Å²) >= 11 is 0. The first-order valence-corrected chi connectivity index (χ1v) is 9.48. The molecule has 1 atom stereocenters. The number of carboxylic acids is 1. The standard InChI is InChI=1S/C20H29N3O4/c1-22(14-16-6-3-2-4-7-16)20(27)21-12-11-18(24)23-13-5-8-17(15-23)9-10-19(25)26/h2-4,6-7,17H,5,8-15H2,1H3,(H,21,27)(H,25,26). The zero-order valence-electron chi connectivity index (χ0n) is 15.9. The highest BCUT2D eigenvalue weighted by Crippen LogP contribution is 2.21. The Morgan fingerprint density at radius 1 is 1.22 bits per heavy atom. The van der Waals surface area contributed by atoms with Crippen LogP contribution < -0.4 is 5.32 Å². The van der Waals surface area contributed by atoms with Gasteiger partial charge in [-0.3, -0.25) is 9.59 Å². The van der Waals surface area contributed by atoms with Crippen LogP contribution in [0.3, 0.4) is 0 Å². The normalized spacial score (nSPS) is 16.6. The second-order valence-corrected chi connectivity index (χ2v) is 7.10. The summed E-state index contributed by atoms with van der Waals surface area (Å²) in [5.41, 5.74) is 1.05. The Bertz CT molecular complexity index is 635. The van der Waals surface area contributed by atoms with E-state index in [2.05, 4.69) is 5.32 Å². The predicted octanol–water partition coefficient (Wildman–Crippen LogP) is 2.32. The number of likely N-dealkylation sites (tertiary alicyclic amines) is 1. The molecule has 1 fully saturated rings. The van der Waals surface area contributed by atoms with Crippen LogP contribution in [0, 0.1) is 5.92 Å². The fourth-order valence-corrected chi connectivity index (χ4v) is 3.35. The van der Waals surface area contributed by atoms with E-state index >= 15 is 0 Å². The minimum absolute atomic E-state index is 0.0148. The third-order valence-electron chi connectivity index (χ3n) is 4.86. The minimum atomic E-state index is -0.791. The molecule has 0 bridgehead atoms. The number of benzene rings is 1. The molecule has 148 valence electrons. The molecule has 1 aliphatic heterocycles. The first-order chi connectivity index (χ1) is 13.0. The molecule has 1 saturated heterocycles. The van der Waals surface area contributed by atoms with Crippen LogP contribution in [0.1, 0.15) is 37.7 Å². The molecular formula is C20H29N3O4. The van der Waals surface area contributed by atoms with Crippen LogP contribution in [0.4, 0.5) is 4.79 Å². The van der Waals surface area contributed by atoms with Crippen LogP contribution in [0.25, 0.3) is 0 Å². The van der Waals surface area contributed by atoms with Crippen LogP contribution in [-0.4, -0.2) is 59.5 Å². The summed E-state index contributed by atoms with van der Waals surface area (Å²) in [6.45, 7) is 2.14. The third-order valence-corrected chi connectivity index (χ3v) is 4.86. The van der Waals surface area contributed by atoms with Crippen LogP contribution in [0.5, 0.6) is 0 Å². The number of nitrogens with zero attached hydrogens (tertiary/aromatic N) is 2. The monoisotopic (exact) mass is 375 g/mol. The van der Waals surface area contributed by atoms with Gasteiger partial charge in [0.1, 0.15) is 0 Å². The predicted molar refractivity (Wildman–Crippen MR) is 102 cm³/mol. The number of rotatable bonds is 8. The minimum Gasteiger partial charge on any atom is -0.481 e. The second kappa shape index (κ2) is 10.5. The Hall–Kier alpha value is -2.57. The zero-order chi connectivity index (χ0) is 19.6. The number of nitrogens with one attached hydrogen (secondary N) is 1. The van der Waals surface area contributed by atoms with Crippen molar-refractivity contribution in [2.45, 2.75) is 38.6 Å². The number of carboxylic acid groups (broad SMARTS) is 1. The van der Waals surface area contributed by atoms with Crippen molar-refractivity contribution in [3.05, 3.63) is 35.9 Å². The van der Waals surface area contributed by atoms with Crippen molar-refractivity contribution in [1.29, 1.82) is 0 Å². The lowest BCUT2D eigenvalue weighted by Gasteiger charge is -2.32. The summed E-state index contributed by atoms with van der Waals surface area (Å²) in [6.07, 6.45) is 2.90. The van der Waals surface area contributed by atoms with E-state index in [0.29, 0.717) is 32.6 Å². The molecule has 1 unspecified atom stereocenters. The van der Waals surface area contributed by atoms with Gasteiger partial charge in [0, 0.05) is 46.1 Å². The van der Waals surface area contributed by atoms with Crippen molar-refractivity contribution in [2.75, 3.05) is 26.7 Å². The van der Waals surface area contributed by atoms with E-state index in [-0.39, 0.29) is 30.7 Å². The smallest absolute Gasteiger partial charge is 0.317 e. The SMILES string of the molecule is CN(Cc1ccccc1)C(=O)NCCC(=O)N1CCCC(CCC(=O)O)C1. The first-order valence-electron chi connectivity index (χ1n) is 9.48. The highest BCUT2D eigenvalue weighted by Gasteiger charge is 2.23. The van der Waals surface area contributed by atoms with Crippen molar-refractivity contribution in [1.82, 2.24) is 15.1 Å². The Kier molecular flexibility index (Phi) is 8.10. The number of piperidine rings is 1. The third kappa shape index (κ3) is 7.29. The summed E-state index contributed by atoms with van der Waals surface area (Å²) < 4.78 is 0. The van der Waals surface area contributed by atoms with Gasteiger partial charge in [0.05, 0.1) is 0 Å². The van der Waals surface area contributed by atoms with E-state index in [1.54, 1.807) is 16.8 Å². The van der Waals surface area contributed by atoms with E-state index in [0.717, 1.165) is 18.4 Å². The lowest BCUT2D eigenvalue weighted by molar-refractivity contribution is -0.137. The number of hydrogen-bond donors (Lipinski definition) is 2. The maximum atomic E-state index is 12.4. The van der Waals surface area contributed by atoms with E-state index in [9.17, 15) is 14.4 Å². The number of aliphatic carboxylic acids is 1. The van der Waals surface area contributed by atoms with Gasteiger partial charge in [-0.05, 0) is 30.7 Å². The van der Waals surface area contributed by atoms with Crippen LogP contribution in [0.15, 0.2) is 30.3 Å². The lowest BCUT2D eigenvalue weighted by atomic mass is 9.93. The average Bonchev–Trinajstić information content (AvgIpc) is 2.67. The zero-order valence-corrected chi connectivity index (χ0v) is 15.9. The van der Waals surface area contributed by atoms with E-state index in [1.807, 2.05) is 30.3 Å². The fourth-order valence-electron chi connectivity index (χ4n) is 3.35. The average molecular weight is 375 g/mol. The van der Waals surface area contributed by atoms with Crippen molar-refractivity contribution in [3.63, 3.8) is 0 Å². The van der Waals surface area contributed by atoms with E-state index in [1.165, 1.54) is 0 Å². The number of carbonyl (C=O) groups excluding carboxylic acids is 2. The van der Waals surface area contributed by atoms with Gasteiger partial charge in [-0.2, -0.15) is 0 Å². The van der Waals surface area contributed by atoms with Gasteiger partial charge in [0.15, 0.2) is 0 Å². The molecule has 0 radical (unpaired) electrons. The topological polar surface area (TPSA) is 90.0 Å². The molecule has 3 amide bonds. The quantitative estimate of drug-likeness (QED) is 0.730. The molecule has 1 aliphatic rings. The number of urea groups is 1.